The average Bonchev–Trinajstić information content (AvgIpc) is 2.60. The summed E-state index contributed by atoms with van der Waals surface area (Å²) in [5, 5.41) is 7.39. The summed E-state index contributed by atoms with van der Waals surface area (Å²) in [5.74, 6) is 2.70. The average molecular weight is 343 g/mol. The Morgan fingerprint density at radius 2 is 1.58 bits per heavy atom. The number of nitrogens with one attached hydrogen (secondary N) is 2. The van der Waals surface area contributed by atoms with Crippen LogP contribution in [0.15, 0.2) is 0 Å². The van der Waals surface area contributed by atoms with Gasteiger partial charge in [0.25, 0.3) is 0 Å². The van der Waals surface area contributed by atoms with E-state index in [1.54, 1.807) is 6.92 Å². The van der Waals surface area contributed by atoms with Gasteiger partial charge in [0.15, 0.2) is 0 Å². The Morgan fingerprint density at radius 1 is 0.958 bits per heavy atom. The molecule has 24 heavy (non-hydrogen) atoms. The van der Waals surface area contributed by atoms with Crippen molar-refractivity contribution in [1.29, 1.82) is 0 Å². The molecule has 1 unspecified atom stereocenters. The largest absolute Gasteiger partial charge is 0.301 e. The van der Waals surface area contributed by atoms with E-state index in [1.807, 2.05) is 0 Å². The summed E-state index contributed by atoms with van der Waals surface area (Å²) in [5.41, 5.74) is 0. The van der Waals surface area contributed by atoms with Crippen LogP contribution >= 0.6 is 0 Å². The molecule has 1 saturated heterocycles. The van der Waals surface area contributed by atoms with E-state index in [2.05, 4.69) is 31.4 Å². The van der Waals surface area contributed by atoms with Crippen LogP contribution in [-0.2, 0) is 0 Å². The summed E-state index contributed by atoms with van der Waals surface area (Å²) in [4.78, 5) is 0. The zero-order chi connectivity index (χ0) is 17.8. The van der Waals surface area contributed by atoms with Gasteiger partial charge in [-0.15, -0.1) is 0 Å². The Labute approximate surface area is 150 Å². The van der Waals surface area contributed by atoms with Gasteiger partial charge in [0.05, 0.1) is 12.3 Å². The third-order valence-electron chi connectivity index (χ3n) is 5.82. The molecule has 2 nitrogen and oxygen atoms in total. The van der Waals surface area contributed by atoms with Crippen molar-refractivity contribution in [2.24, 2.45) is 17.8 Å². The minimum Gasteiger partial charge on any atom is -0.301 e. The van der Waals surface area contributed by atoms with Crippen LogP contribution in [0.5, 0.6) is 0 Å². The fourth-order valence-corrected chi connectivity index (χ4v) is 3.83. The van der Waals surface area contributed by atoms with Crippen molar-refractivity contribution in [2.75, 3.05) is 13.1 Å². The van der Waals surface area contributed by atoms with Crippen molar-refractivity contribution < 1.29 is 4.39 Å². The van der Waals surface area contributed by atoms with E-state index >= 15 is 0 Å². The van der Waals surface area contributed by atoms with Crippen molar-refractivity contribution in [1.82, 2.24) is 10.6 Å². The van der Waals surface area contributed by atoms with Crippen molar-refractivity contribution in [2.45, 2.75) is 104 Å². The minimum absolute atomic E-state index is 0.596. The lowest BCUT2D eigenvalue weighted by molar-refractivity contribution is 0.168. The molecule has 144 valence electrons. The maximum Gasteiger partial charge on any atom is 0.0973 e. The van der Waals surface area contributed by atoms with Gasteiger partial charge in [-0.3, -0.25) is 0 Å². The topological polar surface area (TPSA) is 24.1 Å². The summed E-state index contributed by atoms with van der Waals surface area (Å²) in [7, 11) is 0. The van der Waals surface area contributed by atoms with E-state index in [-0.39, 0.29) is 0 Å². The first kappa shape index (κ1) is 21.9. The van der Waals surface area contributed by atoms with Crippen LogP contribution in [0.4, 0.5) is 4.39 Å². The molecule has 2 fully saturated rings. The second kappa shape index (κ2) is 13.1. The van der Waals surface area contributed by atoms with Crippen molar-refractivity contribution >= 4 is 0 Å². The van der Waals surface area contributed by atoms with Gasteiger partial charge in [-0.1, -0.05) is 65.7 Å². The number of alkyl halides is 1. The van der Waals surface area contributed by atoms with Crippen molar-refractivity contribution in [3.63, 3.8) is 0 Å². The molecule has 0 spiro atoms. The second-order valence-corrected chi connectivity index (χ2v) is 8.22. The van der Waals surface area contributed by atoms with Gasteiger partial charge in [0.1, 0.15) is 0 Å². The number of hydrogen-bond donors (Lipinski definition) is 2. The summed E-state index contributed by atoms with van der Waals surface area (Å²) in [6.45, 7) is 10.9. The Hall–Kier alpha value is -0.150. The molecule has 0 amide bonds. The standard InChI is InChI=1S/C13H26N2.C8H17F/c1-3-11-8-14-13(15-9-11)12-6-4-10(2)5-7-12;1-3-4-5-6-7-8(2)9/h10-15H,3-9H2,1-2H3;8H,3-7H2,1-2H3. The molecule has 0 aromatic carbocycles. The predicted octanol–water partition coefficient (Wildman–Crippen LogP) is 5.67. The van der Waals surface area contributed by atoms with E-state index in [0.717, 1.165) is 30.6 Å². The first-order chi connectivity index (χ1) is 11.6. The van der Waals surface area contributed by atoms with Gasteiger partial charge in [0, 0.05) is 13.1 Å². The zero-order valence-corrected chi connectivity index (χ0v) is 16.7. The lowest BCUT2D eigenvalue weighted by Gasteiger charge is -2.38. The molecule has 1 aliphatic carbocycles. The molecular formula is C21H43FN2. The molecule has 0 aromatic heterocycles. The monoisotopic (exact) mass is 342 g/mol. The fourth-order valence-electron chi connectivity index (χ4n) is 3.83. The van der Waals surface area contributed by atoms with Gasteiger partial charge in [-0.05, 0) is 43.9 Å². The van der Waals surface area contributed by atoms with E-state index in [1.165, 1.54) is 64.5 Å². The van der Waals surface area contributed by atoms with Gasteiger partial charge in [0.2, 0.25) is 0 Å². The molecule has 1 heterocycles. The molecule has 1 aliphatic heterocycles. The smallest absolute Gasteiger partial charge is 0.0973 e. The van der Waals surface area contributed by atoms with Crippen LogP contribution in [0.2, 0.25) is 0 Å². The Bertz CT molecular complexity index is 280. The highest BCUT2D eigenvalue weighted by Crippen LogP contribution is 2.30. The SMILES string of the molecule is CCC1CNC(C2CCC(C)CC2)NC1.CCCCCCC(C)F. The number of hydrogen-bond acceptors (Lipinski definition) is 2. The lowest BCUT2D eigenvalue weighted by atomic mass is 9.80. The van der Waals surface area contributed by atoms with E-state index in [0.29, 0.717) is 6.17 Å². The second-order valence-electron chi connectivity index (χ2n) is 8.22. The maximum absolute atomic E-state index is 12.1. The van der Waals surface area contributed by atoms with Crippen LogP contribution in [0.1, 0.15) is 91.9 Å². The van der Waals surface area contributed by atoms with Crippen LogP contribution in [0, 0.1) is 17.8 Å². The Kier molecular flexibility index (Phi) is 12.0. The first-order valence-corrected chi connectivity index (χ1v) is 10.7. The molecule has 1 saturated carbocycles. The highest BCUT2D eigenvalue weighted by Gasteiger charge is 2.28. The Morgan fingerprint density at radius 3 is 2.08 bits per heavy atom. The van der Waals surface area contributed by atoms with Crippen LogP contribution < -0.4 is 10.6 Å². The lowest BCUT2D eigenvalue weighted by Crippen LogP contribution is -2.56. The molecule has 2 N–H and O–H groups in total. The molecular weight excluding hydrogens is 299 g/mol. The molecule has 0 aromatic rings. The van der Waals surface area contributed by atoms with E-state index in [9.17, 15) is 4.39 Å². The molecule has 2 rings (SSSR count). The Balaban J connectivity index is 0.000000277. The quantitative estimate of drug-likeness (QED) is 0.582. The summed E-state index contributed by atoms with van der Waals surface area (Å²) < 4.78 is 12.1. The fraction of sp³-hybridized carbons (Fsp3) is 1.00. The van der Waals surface area contributed by atoms with Crippen LogP contribution in [-0.4, -0.2) is 25.4 Å². The highest BCUT2D eigenvalue weighted by molar-refractivity contribution is 4.84. The minimum atomic E-state index is -0.596. The predicted molar refractivity (Wildman–Crippen MR) is 104 cm³/mol. The number of rotatable bonds is 7. The molecule has 0 radical (unpaired) electrons. The third kappa shape index (κ3) is 9.36. The van der Waals surface area contributed by atoms with Gasteiger partial charge in [-0.2, -0.15) is 0 Å². The van der Waals surface area contributed by atoms with Gasteiger partial charge >= 0.3 is 0 Å². The molecule has 0 bridgehead atoms. The number of halogens is 1. The summed E-state index contributed by atoms with van der Waals surface area (Å²) in [6.07, 6.45) is 12.5. The van der Waals surface area contributed by atoms with Gasteiger partial charge < -0.3 is 10.6 Å². The zero-order valence-electron chi connectivity index (χ0n) is 16.7. The van der Waals surface area contributed by atoms with E-state index < -0.39 is 6.17 Å². The maximum atomic E-state index is 12.1. The summed E-state index contributed by atoms with van der Waals surface area (Å²) >= 11 is 0. The normalized spacial score (nSPS) is 31.9. The third-order valence-corrected chi connectivity index (χ3v) is 5.82. The first-order valence-electron chi connectivity index (χ1n) is 10.7. The van der Waals surface area contributed by atoms with Crippen LogP contribution in [0.3, 0.4) is 0 Å². The molecule has 2 aliphatic rings. The summed E-state index contributed by atoms with van der Waals surface area (Å²) in [6, 6.07) is 0. The van der Waals surface area contributed by atoms with Crippen molar-refractivity contribution in [3.05, 3.63) is 0 Å². The molecule has 3 heteroatoms. The van der Waals surface area contributed by atoms with Gasteiger partial charge in [-0.25, -0.2) is 4.39 Å². The molecule has 1 atom stereocenters. The van der Waals surface area contributed by atoms with Crippen LogP contribution in [0.25, 0.3) is 0 Å². The number of unbranched alkanes of at least 4 members (excludes halogenated alkanes) is 3. The van der Waals surface area contributed by atoms with Crippen molar-refractivity contribution in [3.8, 4) is 0 Å². The van der Waals surface area contributed by atoms with E-state index in [4.69, 9.17) is 0 Å². The highest BCUT2D eigenvalue weighted by atomic mass is 19.1.